The molecule has 4 nitrogen and oxygen atoms in total. The number of aliphatic hydroxyl groups excluding tert-OH is 1. The third-order valence-corrected chi connectivity index (χ3v) is 4.91. The smallest absolute Gasteiger partial charge is 0.262 e. The maximum Gasteiger partial charge on any atom is 0.262 e. The first-order chi connectivity index (χ1) is 11.6. The summed E-state index contributed by atoms with van der Waals surface area (Å²) in [6.45, 7) is 1.65. The first-order valence-electron chi connectivity index (χ1n) is 7.40. The van der Waals surface area contributed by atoms with Gasteiger partial charge >= 0.3 is 0 Å². The molecule has 0 saturated carbocycles. The predicted octanol–water partition coefficient (Wildman–Crippen LogP) is 3.92. The Morgan fingerprint density at radius 2 is 2.08 bits per heavy atom. The Morgan fingerprint density at radius 1 is 1.33 bits per heavy atom. The molecule has 0 aliphatic carbocycles. The molecule has 0 radical (unpaired) electrons. The highest BCUT2D eigenvalue weighted by Gasteiger charge is 2.19. The van der Waals surface area contributed by atoms with E-state index in [4.69, 9.17) is 4.42 Å². The Kier molecular flexibility index (Phi) is 4.78. The van der Waals surface area contributed by atoms with Crippen LogP contribution < -0.4 is 5.32 Å². The quantitative estimate of drug-likeness (QED) is 0.737. The fraction of sp³-hybridized carbons (Fsp3) is 0.167. The van der Waals surface area contributed by atoms with Crippen LogP contribution in [0.4, 0.5) is 4.39 Å². The van der Waals surface area contributed by atoms with Gasteiger partial charge in [0.05, 0.1) is 17.7 Å². The van der Waals surface area contributed by atoms with Gasteiger partial charge < -0.3 is 14.8 Å². The maximum atomic E-state index is 13.1. The van der Waals surface area contributed by atoms with Crippen LogP contribution in [0.2, 0.25) is 0 Å². The van der Waals surface area contributed by atoms with Gasteiger partial charge in [0.15, 0.2) is 0 Å². The zero-order valence-corrected chi connectivity index (χ0v) is 13.8. The van der Waals surface area contributed by atoms with Crippen molar-refractivity contribution in [2.45, 2.75) is 13.0 Å². The van der Waals surface area contributed by atoms with Crippen molar-refractivity contribution in [3.63, 3.8) is 0 Å². The molecule has 0 saturated heterocycles. The van der Waals surface area contributed by atoms with Crippen LogP contribution in [-0.2, 0) is 0 Å². The molecule has 124 valence electrons. The van der Waals surface area contributed by atoms with Crippen LogP contribution in [0.25, 0.3) is 10.4 Å². The first kappa shape index (κ1) is 16.4. The molecule has 3 rings (SSSR count). The molecule has 1 amide bonds. The highest BCUT2D eigenvalue weighted by atomic mass is 32.1. The number of hydrogen-bond donors (Lipinski definition) is 2. The first-order valence-corrected chi connectivity index (χ1v) is 8.21. The molecule has 0 fully saturated rings. The number of furan rings is 1. The summed E-state index contributed by atoms with van der Waals surface area (Å²) in [7, 11) is 0. The van der Waals surface area contributed by atoms with Gasteiger partial charge in [-0.05, 0) is 48.4 Å². The SMILES string of the molecule is Cc1cc(C(=O)NC(CO)c2ccco2)sc1-c1ccc(F)cc1. The van der Waals surface area contributed by atoms with Crippen LogP contribution in [0.3, 0.4) is 0 Å². The van der Waals surface area contributed by atoms with Gasteiger partial charge in [-0.1, -0.05) is 12.1 Å². The summed E-state index contributed by atoms with van der Waals surface area (Å²) in [5.74, 6) is -0.0834. The molecule has 1 unspecified atom stereocenters. The minimum absolute atomic E-state index is 0.256. The van der Waals surface area contributed by atoms with Crippen LogP contribution in [0, 0.1) is 12.7 Å². The number of aryl methyl sites for hydroxylation is 1. The van der Waals surface area contributed by atoms with E-state index in [1.165, 1.54) is 29.7 Å². The van der Waals surface area contributed by atoms with Crippen molar-refractivity contribution in [1.29, 1.82) is 0 Å². The Balaban J connectivity index is 1.81. The molecule has 1 atom stereocenters. The zero-order chi connectivity index (χ0) is 17.1. The van der Waals surface area contributed by atoms with E-state index < -0.39 is 6.04 Å². The monoisotopic (exact) mass is 345 g/mol. The average molecular weight is 345 g/mol. The molecule has 24 heavy (non-hydrogen) atoms. The van der Waals surface area contributed by atoms with Crippen molar-refractivity contribution < 1.29 is 18.7 Å². The van der Waals surface area contributed by atoms with Gasteiger partial charge in [0.25, 0.3) is 5.91 Å². The van der Waals surface area contributed by atoms with E-state index >= 15 is 0 Å². The number of halogens is 1. The van der Waals surface area contributed by atoms with E-state index in [0.29, 0.717) is 10.6 Å². The number of benzene rings is 1. The number of carbonyl (C=O) groups is 1. The number of hydrogen-bond acceptors (Lipinski definition) is 4. The molecule has 0 bridgehead atoms. The van der Waals surface area contributed by atoms with Crippen molar-refractivity contribution >= 4 is 17.2 Å². The number of carbonyl (C=O) groups excluding carboxylic acids is 1. The number of aliphatic hydroxyl groups is 1. The highest BCUT2D eigenvalue weighted by Crippen LogP contribution is 2.32. The lowest BCUT2D eigenvalue weighted by Crippen LogP contribution is -2.29. The summed E-state index contributed by atoms with van der Waals surface area (Å²) in [6.07, 6.45) is 1.49. The van der Waals surface area contributed by atoms with Gasteiger partial charge in [-0.15, -0.1) is 11.3 Å². The molecule has 2 heterocycles. The van der Waals surface area contributed by atoms with Gasteiger partial charge in [-0.25, -0.2) is 4.39 Å². The van der Waals surface area contributed by atoms with Crippen molar-refractivity contribution in [3.8, 4) is 10.4 Å². The van der Waals surface area contributed by atoms with E-state index in [-0.39, 0.29) is 18.3 Å². The van der Waals surface area contributed by atoms with E-state index in [2.05, 4.69) is 5.32 Å². The largest absolute Gasteiger partial charge is 0.467 e. The summed E-state index contributed by atoms with van der Waals surface area (Å²) in [6, 6.07) is 10.8. The average Bonchev–Trinajstić information content (AvgIpc) is 3.23. The zero-order valence-electron chi connectivity index (χ0n) is 13.0. The number of amides is 1. The number of nitrogens with one attached hydrogen (secondary N) is 1. The van der Waals surface area contributed by atoms with Crippen LogP contribution in [-0.4, -0.2) is 17.6 Å². The maximum absolute atomic E-state index is 13.1. The molecule has 6 heteroatoms. The summed E-state index contributed by atoms with van der Waals surface area (Å²) in [5, 5.41) is 12.2. The van der Waals surface area contributed by atoms with Crippen LogP contribution in [0.5, 0.6) is 0 Å². The lowest BCUT2D eigenvalue weighted by atomic mass is 10.1. The summed E-state index contributed by atoms with van der Waals surface area (Å²) < 4.78 is 18.3. The second-order valence-electron chi connectivity index (χ2n) is 5.35. The second-order valence-corrected chi connectivity index (χ2v) is 6.41. The fourth-order valence-corrected chi connectivity index (χ4v) is 3.49. The van der Waals surface area contributed by atoms with Crippen molar-refractivity contribution in [1.82, 2.24) is 5.32 Å². The van der Waals surface area contributed by atoms with Crippen molar-refractivity contribution in [3.05, 3.63) is 70.7 Å². The molecule has 2 aromatic heterocycles. The normalized spacial score (nSPS) is 12.1. The molecular weight excluding hydrogens is 329 g/mol. The van der Waals surface area contributed by atoms with Gasteiger partial charge in [-0.2, -0.15) is 0 Å². The highest BCUT2D eigenvalue weighted by molar-refractivity contribution is 7.17. The minimum atomic E-state index is -0.593. The van der Waals surface area contributed by atoms with Crippen molar-refractivity contribution in [2.75, 3.05) is 6.61 Å². The second kappa shape index (κ2) is 6.98. The topological polar surface area (TPSA) is 62.5 Å². The summed E-state index contributed by atoms with van der Waals surface area (Å²) in [5.41, 5.74) is 1.80. The Morgan fingerprint density at radius 3 is 2.71 bits per heavy atom. The molecule has 0 aliphatic heterocycles. The van der Waals surface area contributed by atoms with E-state index in [1.807, 2.05) is 6.92 Å². The Bertz CT molecular complexity index is 825. The van der Waals surface area contributed by atoms with E-state index in [9.17, 15) is 14.3 Å². The molecule has 2 N–H and O–H groups in total. The lowest BCUT2D eigenvalue weighted by molar-refractivity contribution is 0.0911. The third-order valence-electron chi connectivity index (χ3n) is 3.62. The lowest BCUT2D eigenvalue weighted by Gasteiger charge is -2.12. The molecule has 0 spiro atoms. The summed E-state index contributed by atoms with van der Waals surface area (Å²) in [4.78, 5) is 13.9. The summed E-state index contributed by atoms with van der Waals surface area (Å²) >= 11 is 1.33. The number of thiophene rings is 1. The molecule has 1 aromatic carbocycles. The van der Waals surface area contributed by atoms with Crippen LogP contribution >= 0.6 is 11.3 Å². The van der Waals surface area contributed by atoms with Crippen LogP contribution in [0.1, 0.15) is 27.0 Å². The Labute approximate surface area is 142 Å². The fourth-order valence-electron chi connectivity index (χ4n) is 2.41. The van der Waals surface area contributed by atoms with Gasteiger partial charge in [0.2, 0.25) is 0 Å². The Hall–Kier alpha value is -2.44. The van der Waals surface area contributed by atoms with Crippen LogP contribution in [0.15, 0.2) is 53.1 Å². The molecular formula is C18H16FNO3S. The van der Waals surface area contributed by atoms with E-state index in [1.54, 1.807) is 30.3 Å². The molecule has 3 aromatic rings. The minimum Gasteiger partial charge on any atom is -0.467 e. The van der Waals surface area contributed by atoms with Gasteiger partial charge in [0.1, 0.15) is 17.6 Å². The third kappa shape index (κ3) is 3.39. The van der Waals surface area contributed by atoms with Crippen molar-refractivity contribution in [2.24, 2.45) is 0 Å². The molecule has 0 aliphatic rings. The van der Waals surface area contributed by atoms with E-state index in [0.717, 1.165) is 16.0 Å². The standard InChI is InChI=1S/C18H16FNO3S/c1-11-9-16(24-17(11)12-4-6-13(19)7-5-12)18(22)20-14(10-21)15-3-2-8-23-15/h2-9,14,21H,10H2,1H3,(H,20,22). The predicted molar refractivity (Wildman–Crippen MR) is 90.5 cm³/mol. The van der Waals surface area contributed by atoms with Gasteiger partial charge in [-0.3, -0.25) is 4.79 Å². The van der Waals surface area contributed by atoms with Gasteiger partial charge in [0, 0.05) is 4.88 Å². The number of rotatable bonds is 5.